The van der Waals surface area contributed by atoms with Crippen molar-refractivity contribution in [1.82, 2.24) is 5.32 Å². The third-order valence-corrected chi connectivity index (χ3v) is 4.65. The molecule has 1 aromatic carbocycles. The number of ether oxygens (including phenoxy) is 2. The van der Waals surface area contributed by atoms with Crippen LogP contribution in [-0.2, 0) is 14.3 Å². The molecule has 0 aliphatic heterocycles. The van der Waals surface area contributed by atoms with E-state index in [1.807, 2.05) is 31.2 Å². The van der Waals surface area contributed by atoms with E-state index in [0.717, 1.165) is 30.6 Å². The van der Waals surface area contributed by atoms with Gasteiger partial charge in [-0.2, -0.15) is 0 Å². The lowest BCUT2D eigenvalue weighted by Gasteiger charge is -2.36. The molecule has 0 saturated heterocycles. The Balaban J connectivity index is 2.12. The molecular formula is C18H25NO4. The van der Waals surface area contributed by atoms with E-state index in [4.69, 9.17) is 9.47 Å². The molecule has 5 nitrogen and oxygen atoms in total. The number of nitrogens with one attached hydrogen (secondary N) is 1. The summed E-state index contributed by atoms with van der Waals surface area (Å²) in [4.78, 5) is 24.9. The summed E-state index contributed by atoms with van der Waals surface area (Å²) in [6, 6.07) is 7.40. The molecule has 5 heteroatoms. The number of carbonyl (C=O) groups excluding carboxylic acids is 2. The van der Waals surface area contributed by atoms with Crippen molar-refractivity contribution in [3.05, 3.63) is 29.8 Å². The fraction of sp³-hybridized carbons (Fsp3) is 0.556. The first kappa shape index (κ1) is 17.3. The summed E-state index contributed by atoms with van der Waals surface area (Å²) < 4.78 is 10.1. The van der Waals surface area contributed by atoms with E-state index in [2.05, 4.69) is 5.32 Å². The quantitative estimate of drug-likeness (QED) is 0.848. The van der Waals surface area contributed by atoms with Crippen molar-refractivity contribution in [3.63, 3.8) is 0 Å². The minimum Gasteiger partial charge on any atom is -0.497 e. The molecule has 1 amide bonds. The predicted molar refractivity (Wildman–Crippen MR) is 87.4 cm³/mol. The van der Waals surface area contributed by atoms with Gasteiger partial charge in [0.05, 0.1) is 20.1 Å². The third kappa shape index (κ3) is 3.84. The molecule has 0 spiro atoms. The molecule has 1 unspecified atom stereocenters. The number of rotatable bonds is 5. The number of benzene rings is 1. The Morgan fingerprint density at radius 1 is 1.09 bits per heavy atom. The molecule has 0 radical (unpaired) electrons. The van der Waals surface area contributed by atoms with E-state index >= 15 is 0 Å². The topological polar surface area (TPSA) is 64.6 Å². The lowest BCUT2D eigenvalue weighted by molar-refractivity contribution is -0.152. The van der Waals surface area contributed by atoms with Crippen LogP contribution in [-0.4, -0.2) is 31.6 Å². The highest BCUT2D eigenvalue weighted by molar-refractivity contribution is 5.91. The zero-order chi connectivity index (χ0) is 16.9. The van der Waals surface area contributed by atoms with Crippen molar-refractivity contribution in [2.45, 2.75) is 50.5 Å². The standard InChI is InChI=1S/C18H25NO4/c1-13(14-7-9-15(22-2)10-8-14)16(20)19-18(17(21)23-3)11-5-4-6-12-18/h7-10,13H,4-6,11-12H2,1-3H3,(H,19,20). The third-order valence-electron chi connectivity index (χ3n) is 4.65. The second-order valence-corrected chi connectivity index (χ2v) is 6.12. The van der Waals surface area contributed by atoms with Crippen molar-refractivity contribution < 1.29 is 19.1 Å². The van der Waals surface area contributed by atoms with Crippen LogP contribution in [0.3, 0.4) is 0 Å². The second kappa shape index (κ2) is 7.49. The second-order valence-electron chi connectivity index (χ2n) is 6.12. The number of hydrogen-bond donors (Lipinski definition) is 1. The number of esters is 1. The van der Waals surface area contributed by atoms with Crippen LogP contribution in [0.1, 0.15) is 50.5 Å². The molecule has 0 heterocycles. The highest BCUT2D eigenvalue weighted by Crippen LogP contribution is 2.30. The van der Waals surface area contributed by atoms with Crippen LogP contribution in [0.25, 0.3) is 0 Å². The van der Waals surface area contributed by atoms with Crippen molar-refractivity contribution >= 4 is 11.9 Å². The Kier molecular flexibility index (Phi) is 5.64. The molecule has 1 fully saturated rings. The molecule has 1 aliphatic carbocycles. The fourth-order valence-corrected chi connectivity index (χ4v) is 3.12. The van der Waals surface area contributed by atoms with E-state index in [1.165, 1.54) is 7.11 Å². The largest absolute Gasteiger partial charge is 0.497 e. The summed E-state index contributed by atoms with van der Waals surface area (Å²) in [6.45, 7) is 1.84. The van der Waals surface area contributed by atoms with Crippen LogP contribution in [0.15, 0.2) is 24.3 Å². The molecular weight excluding hydrogens is 294 g/mol. The average Bonchev–Trinajstić information content (AvgIpc) is 2.61. The van der Waals surface area contributed by atoms with Gasteiger partial charge in [0.25, 0.3) is 0 Å². The maximum Gasteiger partial charge on any atom is 0.331 e. The Morgan fingerprint density at radius 2 is 1.70 bits per heavy atom. The number of carbonyl (C=O) groups is 2. The minimum absolute atomic E-state index is 0.150. The van der Waals surface area contributed by atoms with Gasteiger partial charge in [-0.05, 0) is 37.5 Å². The van der Waals surface area contributed by atoms with Gasteiger partial charge >= 0.3 is 5.97 Å². The van der Waals surface area contributed by atoms with Gasteiger partial charge < -0.3 is 14.8 Å². The zero-order valence-corrected chi connectivity index (χ0v) is 14.1. The predicted octanol–water partition coefficient (Wildman–Crippen LogP) is 2.79. The van der Waals surface area contributed by atoms with Crippen LogP contribution in [0.4, 0.5) is 0 Å². The molecule has 2 rings (SSSR count). The van der Waals surface area contributed by atoms with Crippen molar-refractivity contribution in [3.8, 4) is 5.75 Å². The Labute approximate surface area is 137 Å². The summed E-state index contributed by atoms with van der Waals surface area (Å²) in [5.41, 5.74) is 0.0179. The number of amides is 1. The Hall–Kier alpha value is -2.04. The van der Waals surface area contributed by atoms with Crippen LogP contribution < -0.4 is 10.1 Å². The molecule has 1 aromatic rings. The monoisotopic (exact) mass is 319 g/mol. The van der Waals surface area contributed by atoms with E-state index < -0.39 is 5.54 Å². The van der Waals surface area contributed by atoms with Crippen LogP contribution in [0.2, 0.25) is 0 Å². The van der Waals surface area contributed by atoms with Crippen LogP contribution >= 0.6 is 0 Å². The molecule has 1 aliphatic rings. The van der Waals surface area contributed by atoms with Crippen molar-refractivity contribution in [2.75, 3.05) is 14.2 Å². The maximum absolute atomic E-state index is 12.6. The van der Waals surface area contributed by atoms with E-state index in [1.54, 1.807) is 7.11 Å². The van der Waals surface area contributed by atoms with Crippen molar-refractivity contribution in [1.29, 1.82) is 0 Å². The SMILES string of the molecule is COC(=O)C1(NC(=O)C(C)c2ccc(OC)cc2)CCCCC1. The first-order valence-electron chi connectivity index (χ1n) is 8.07. The highest BCUT2D eigenvalue weighted by Gasteiger charge is 2.42. The molecule has 1 N–H and O–H groups in total. The molecule has 126 valence electrons. The van der Waals surface area contributed by atoms with Gasteiger partial charge in [-0.1, -0.05) is 31.4 Å². The van der Waals surface area contributed by atoms with Gasteiger partial charge in [0, 0.05) is 0 Å². The maximum atomic E-state index is 12.6. The molecule has 1 atom stereocenters. The average molecular weight is 319 g/mol. The summed E-state index contributed by atoms with van der Waals surface area (Å²) in [5, 5.41) is 2.97. The number of hydrogen-bond acceptors (Lipinski definition) is 4. The lowest BCUT2D eigenvalue weighted by Crippen LogP contribution is -2.56. The van der Waals surface area contributed by atoms with E-state index in [-0.39, 0.29) is 17.8 Å². The Morgan fingerprint density at radius 3 is 2.22 bits per heavy atom. The highest BCUT2D eigenvalue weighted by atomic mass is 16.5. The fourth-order valence-electron chi connectivity index (χ4n) is 3.12. The summed E-state index contributed by atoms with van der Waals surface area (Å²) >= 11 is 0. The number of methoxy groups -OCH3 is 2. The van der Waals surface area contributed by atoms with Crippen LogP contribution in [0, 0.1) is 0 Å². The summed E-state index contributed by atoms with van der Waals surface area (Å²) in [7, 11) is 2.98. The smallest absolute Gasteiger partial charge is 0.331 e. The summed E-state index contributed by atoms with van der Waals surface area (Å²) in [6.07, 6.45) is 4.21. The molecule has 23 heavy (non-hydrogen) atoms. The molecule has 0 bridgehead atoms. The molecule has 0 aromatic heterocycles. The normalized spacial score (nSPS) is 17.9. The van der Waals surface area contributed by atoms with Gasteiger partial charge in [-0.25, -0.2) is 4.79 Å². The van der Waals surface area contributed by atoms with Gasteiger partial charge in [0.2, 0.25) is 5.91 Å². The Bertz CT molecular complexity index is 547. The van der Waals surface area contributed by atoms with Gasteiger partial charge in [0.15, 0.2) is 0 Å². The zero-order valence-electron chi connectivity index (χ0n) is 14.1. The van der Waals surface area contributed by atoms with Gasteiger partial charge in [-0.15, -0.1) is 0 Å². The van der Waals surface area contributed by atoms with Gasteiger partial charge in [0.1, 0.15) is 11.3 Å². The van der Waals surface area contributed by atoms with E-state index in [9.17, 15) is 9.59 Å². The van der Waals surface area contributed by atoms with Crippen LogP contribution in [0.5, 0.6) is 5.75 Å². The first-order valence-corrected chi connectivity index (χ1v) is 8.07. The summed E-state index contributed by atoms with van der Waals surface area (Å²) in [5.74, 6) is -0.0843. The minimum atomic E-state index is -0.870. The molecule has 1 saturated carbocycles. The lowest BCUT2D eigenvalue weighted by atomic mass is 9.81. The van der Waals surface area contributed by atoms with E-state index in [0.29, 0.717) is 12.8 Å². The van der Waals surface area contributed by atoms with Gasteiger partial charge in [-0.3, -0.25) is 4.79 Å². The van der Waals surface area contributed by atoms with Crippen molar-refractivity contribution in [2.24, 2.45) is 0 Å². The first-order chi connectivity index (χ1) is 11.0.